The van der Waals surface area contributed by atoms with Gasteiger partial charge in [0, 0.05) is 51.2 Å². The van der Waals surface area contributed by atoms with Crippen molar-refractivity contribution in [3.05, 3.63) is 0 Å². The number of ether oxygens (including phenoxy) is 1. The van der Waals surface area contributed by atoms with Crippen LogP contribution in [0.25, 0.3) is 0 Å². The van der Waals surface area contributed by atoms with Gasteiger partial charge in [-0.1, -0.05) is 20.8 Å². The molecule has 23 heavy (non-hydrogen) atoms. The van der Waals surface area contributed by atoms with Gasteiger partial charge in [0.05, 0.1) is 12.7 Å². The van der Waals surface area contributed by atoms with Crippen LogP contribution < -0.4 is 0 Å². The molecule has 4 nitrogen and oxygen atoms in total. The first-order valence-corrected chi connectivity index (χ1v) is 10.6. The molecule has 1 heterocycles. The first-order valence-electron chi connectivity index (χ1n) is 9.42. The Balaban J connectivity index is 1.48. The van der Waals surface area contributed by atoms with Gasteiger partial charge in [-0.25, -0.2) is 0 Å². The Hall–Kier alpha value is 0.190. The summed E-state index contributed by atoms with van der Waals surface area (Å²) in [5.74, 6) is 3.15. The minimum Gasteiger partial charge on any atom is -0.377 e. The highest BCUT2D eigenvalue weighted by Gasteiger charge is 2.32. The van der Waals surface area contributed by atoms with E-state index in [1.165, 1.54) is 51.3 Å². The van der Waals surface area contributed by atoms with E-state index in [0.717, 1.165) is 31.0 Å². The number of piperazine rings is 1. The number of thioether (sulfide) groups is 1. The van der Waals surface area contributed by atoms with Crippen LogP contribution in [0.1, 0.15) is 33.6 Å². The highest BCUT2D eigenvalue weighted by molar-refractivity contribution is 7.99. The summed E-state index contributed by atoms with van der Waals surface area (Å²) in [6.45, 7) is 15.0. The van der Waals surface area contributed by atoms with Crippen molar-refractivity contribution >= 4 is 11.8 Å². The highest BCUT2D eigenvalue weighted by Crippen LogP contribution is 2.28. The van der Waals surface area contributed by atoms with Crippen LogP contribution >= 0.6 is 11.8 Å². The minimum absolute atomic E-state index is 0.510. The topological polar surface area (TPSA) is 19.0 Å². The van der Waals surface area contributed by atoms with Gasteiger partial charge in [0.2, 0.25) is 0 Å². The van der Waals surface area contributed by atoms with Crippen molar-refractivity contribution in [1.82, 2.24) is 14.7 Å². The molecule has 0 aromatic carbocycles. The third-order valence-electron chi connectivity index (χ3n) is 5.04. The smallest absolute Gasteiger partial charge is 0.0605 e. The van der Waals surface area contributed by atoms with Crippen LogP contribution in [0.2, 0.25) is 0 Å². The lowest BCUT2D eigenvalue weighted by atomic mass is 9.88. The lowest BCUT2D eigenvalue weighted by molar-refractivity contribution is -0.0492. The van der Waals surface area contributed by atoms with E-state index < -0.39 is 0 Å². The molecule has 1 aliphatic heterocycles. The monoisotopic (exact) mass is 343 g/mol. The molecule has 0 bridgehead atoms. The lowest BCUT2D eigenvalue weighted by Gasteiger charge is -2.41. The SMILES string of the molecule is CCSCN(C)[C@H]1C[C@H](OCCN2CCN(CC(C)C)CC2)C1. The molecular formula is C18H37N3OS. The van der Waals surface area contributed by atoms with Crippen molar-refractivity contribution in [2.24, 2.45) is 5.92 Å². The summed E-state index contributed by atoms with van der Waals surface area (Å²) in [6.07, 6.45) is 2.96. The molecule has 1 saturated carbocycles. The van der Waals surface area contributed by atoms with E-state index in [1.807, 2.05) is 11.8 Å². The molecule has 0 amide bonds. The van der Waals surface area contributed by atoms with Crippen LogP contribution in [-0.4, -0.2) is 91.4 Å². The summed E-state index contributed by atoms with van der Waals surface area (Å²) in [5, 5.41) is 0. The van der Waals surface area contributed by atoms with Crippen molar-refractivity contribution in [3.63, 3.8) is 0 Å². The summed E-state index contributed by atoms with van der Waals surface area (Å²) < 4.78 is 6.07. The maximum absolute atomic E-state index is 6.07. The van der Waals surface area contributed by atoms with Crippen molar-refractivity contribution < 1.29 is 4.74 Å². The van der Waals surface area contributed by atoms with Crippen LogP contribution in [0.5, 0.6) is 0 Å². The van der Waals surface area contributed by atoms with Gasteiger partial charge in [0.15, 0.2) is 0 Å². The quantitative estimate of drug-likeness (QED) is 0.566. The van der Waals surface area contributed by atoms with Crippen LogP contribution in [0.15, 0.2) is 0 Å². The number of hydrogen-bond acceptors (Lipinski definition) is 5. The molecule has 2 fully saturated rings. The molecular weight excluding hydrogens is 306 g/mol. The van der Waals surface area contributed by atoms with Crippen molar-refractivity contribution in [1.29, 1.82) is 0 Å². The second-order valence-electron chi connectivity index (χ2n) is 7.53. The molecule has 0 aromatic heterocycles. The van der Waals surface area contributed by atoms with E-state index in [2.05, 4.69) is 42.5 Å². The summed E-state index contributed by atoms with van der Waals surface area (Å²) in [4.78, 5) is 7.65. The molecule has 1 aliphatic carbocycles. The summed E-state index contributed by atoms with van der Waals surface area (Å²) in [6, 6.07) is 0.749. The highest BCUT2D eigenvalue weighted by atomic mass is 32.2. The normalized spacial score (nSPS) is 26.9. The molecule has 2 rings (SSSR count). The first kappa shape index (κ1) is 19.5. The fraction of sp³-hybridized carbons (Fsp3) is 1.00. The van der Waals surface area contributed by atoms with Crippen LogP contribution in [0.4, 0.5) is 0 Å². The second kappa shape index (κ2) is 10.2. The minimum atomic E-state index is 0.510. The fourth-order valence-corrected chi connectivity index (χ4v) is 4.12. The van der Waals surface area contributed by atoms with Crippen molar-refractivity contribution in [2.75, 3.05) is 64.6 Å². The van der Waals surface area contributed by atoms with Crippen molar-refractivity contribution in [2.45, 2.75) is 45.8 Å². The predicted octanol–water partition coefficient (Wildman–Crippen LogP) is 2.45. The molecule has 0 atom stereocenters. The number of hydrogen-bond donors (Lipinski definition) is 0. The van der Waals surface area contributed by atoms with Gasteiger partial charge >= 0.3 is 0 Å². The standard InChI is InChI=1S/C18H37N3OS/c1-5-23-15-19(4)17-12-18(13-17)22-11-10-20-6-8-21(9-7-20)14-16(2)3/h16-18H,5-15H2,1-4H3/t17-,18-. The van der Waals surface area contributed by atoms with Crippen LogP contribution in [0, 0.1) is 5.92 Å². The van der Waals surface area contributed by atoms with E-state index in [9.17, 15) is 0 Å². The number of rotatable bonds is 10. The molecule has 0 N–H and O–H groups in total. The molecule has 0 unspecified atom stereocenters. The number of nitrogens with zero attached hydrogens (tertiary/aromatic N) is 3. The zero-order valence-electron chi connectivity index (χ0n) is 15.7. The van der Waals surface area contributed by atoms with E-state index in [1.54, 1.807) is 0 Å². The lowest BCUT2D eigenvalue weighted by Crippen LogP contribution is -2.49. The Morgan fingerprint density at radius 3 is 2.39 bits per heavy atom. The Labute approximate surface area is 147 Å². The largest absolute Gasteiger partial charge is 0.377 e. The average molecular weight is 344 g/mol. The van der Waals surface area contributed by atoms with E-state index in [4.69, 9.17) is 4.74 Å². The Bertz CT molecular complexity index is 315. The summed E-state index contributed by atoms with van der Waals surface area (Å²) in [7, 11) is 2.25. The summed E-state index contributed by atoms with van der Waals surface area (Å²) >= 11 is 2.01. The van der Waals surface area contributed by atoms with E-state index in [-0.39, 0.29) is 0 Å². The van der Waals surface area contributed by atoms with Crippen LogP contribution in [-0.2, 0) is 4.74 Å². The first-order chi connectivity index (χ1) is 11.1. The van der Waals surface area contributed by atoms with Gasteiger partial charge < -0.3 is 9.64 Å². The molecule has 136 valence electrons. The van der Waals surface area contributed by atoms with Gasteiger partial charge in [-0.3, -0.25) is 9.80 Å². The average Bonchev–Trinajstić information content (AvgIpc) is 2.48. The van der Waals surface area contributed by atoms with Gasteiger partial charge in [-0.2, -0.15) is 0 Å². The maximum atomic E-state index is 6.07. The van der Waals surface area contributed by atoms with Gasteiger partial charge in [-0.05, 0) is 31.6 Å². The molecule has 0 radical (unpaired) electrons. The molecule has 1 saturated heterocycles. The van der Waals surface area contributed by atoms with E-state index in [0.29, 0.717) is 6.10 Å². The predicted molar refractivity (Wildman–Crippen MR) is 101 cm³/mol. The molecule has 0 spiro atoms. The van der Waals surface area contributed by atoms with Crippen molar-refractivity contribution in [3.8, 4) is 0 Å². The maximum Gasteiger partial charge on any atom is 0.0605 e. The fourth-order valence-electron chi connectivity index (χ4n) is 3.43. The van der Waals surface area contributed by atoms with Gasteiger partial charge in [0.1, 0.15) is 0 Å². The third-order valence-corrected chi connectivity index (χ3v) is 6.04. The second-order valence-corrected chi connectivity index (χ2v) is 8.78. The zero-order chi connectivity index (χ0) is 16.7. The molecule has 2 aliphatic rings. The Kier molecular flexibility index (Phi) is 8.69. The molecule has 0 aromatic rings. The van der Waals surface area contributed by atoms with Gasteiger partial charge in [0.25, 0.3) is 0 Å². The Morgan fingerprint density at radius 1 is 1.13 bits per heavy atom. The zero-order valence-corrected chi connectivity index (χ0v) is 16.5. The Morgan fingerprint density at radius 2 is 1.78 bits per heavy atom. The summed E-state index contributed by atoms with van der Waals surface area (Å²) in [5.41, 5.74) is 0. The third kappa shape index (κ3) is 6.91. The van der Waals surface area contributed by atoms with Gasteiger partial charge in [-0.15, -0.1) is 11.8 Å². The van der Waals surface area contributed by atoms with E-state index >= 15 is 0 Å². The van der Waals surface area contributed by atoms with Crippen LogP contribution in [0.3, 0.4) is 0 Å². The molecule has 5 heteroatoms.